The van der Waals surface area contributed by atoms with Crippen molar-refractivity contribution >= 4 is 29.8 Å². The Hall–Kier alpha value is -4.65. The van der Waals surface area contributed by atoms with Crippen LogP contribution in [0.2, 0.25) is 0 Å². The van der Waals surface area contributed by atoms with Crippen LogP contribution in [0.15, 0.2) is 42.6 Å². The fourth-order valence-electron chi connectivity index (χ4n) is 5.78. The number of hydrogen-bond acceptors (Lipinski definition) is 13. The SMILES string of the molecule is O=C([O-])CN1CCN(CC(=O)[O-])CCN(C(CCCNC(=O)c2cccnc2Cc2cccc(C(F)(F)F)c2)C(=O)O)CCN(CC(=O)[O-])CC1. The Balaban J connectivity index is 1.69. The highest BCUT2D eigenvalue weighted by Gasteiger charge is 2.31. The van der Waals surface area contributed by atoms with Gasteiger partial charge in [0.25, 0.3) is 5.91 Å². The highest BCUT2D eigenvalue weighted by atomic mass is 19.4. The van der Waals surface area contributed by atoms with E-state index in [0.717, 1.165) is 12.1 Å². The van der Waals surface area contributed by atoms with Crippen molar-refractivity contribution < 1.29 is 57.6 Å². The molecule has 1 unspecified atom stereocenters. The van der Waals surface area contributed by atoms with Crippen molar-refractivity contribution in [2.75, 3.05) is 78.5 Å². The summed E-state index contributed by atoms with van der Waals surface area (Å²) >= 11 is 0. The van der Waals surface area contributed by atoms with Crippen LogP contribution in [0.5, 0.6) is 0 Å². The molecular formula is C33H40F3N6O9-3. The minimum absolute atomic E-state index is 0.0379. The lowest BCUT2D eigenvalue weighted by Gasteiger charge is -2.36. The van der Waals surface area contributed by atoms with Gasteiger partial charge in [0.2, 0.25) is 0 Å². The van der Waals surface area contributed by atoms with Gasteiger partial charge in [-0.2, -0.15) is 13.2 Å². The molecule has 1 saturated heterocycles. The lowest BCUT2D eigenvalue weighted by molar-refractivity contribution is -0.308. The highest BCUT2D eigenvalue weighted by molar-refractivity contribution is 5.95. The van der Waals surface area contributed by atoms with E-state index in [1.807, 2.05) is 0 Å². The molecule has 0 aliphatic carbocycles. The highest BCUT2D eigenvalue weighted by Crippen LogP contribution is 2.30. The smallest absolute Gasteiger partial charge is 0.416 e. The van der Waals surface area contributed by atoms with Gasteiger partial charge in [0.05, 0.1) is 34.7 Å². The van der Waals surface area contributed by atoms with Gasteiger partial charge in [0.1, 0.15) is 6.04 Å². The van der Waals surface area contributed by atoms with E-state index in [4.69, 9.17) is 0 Å². The number of nitrogens with one attached hydrogen (secondary N) is 1. The summed E-state index contributed by atoms with van der Waals surface area (Å²) < 4.78 is 39.6. The van der Waals surface area contributed by atoms with Crippen molar-refractivity contribution in [3.8, 4) is 0 Å². The molecule has 2 aromatic rings. The molecular weight excluding hydrogens is 681 g/mol. The Morgan fingerprint density at radius 2 is 1.33 bits per heavy atom. The number of carbonyl (C=O) groups is 5. The first-order chi connectivity index (χ1) is 24.1. The Morgan fingerprint density at radius 1 is 0.804 bits per heavy atom. The van der Waals surface area contributed by atoms with Gasteiger partial charge < -0.3 is 40.1 Å². The predicted molar refractivity (Wildman–Crippen MR) is 167 cm³/mol. The molecule has 15 nitrogen and oxygen atoms in total. The molecule has 1 atom stereocenters. The summed E-state index contributed by atoms with van der Waals surface area (Å²) in [5, 5.41) is 47.0. The molecule has 3 rings (SSSR count). The first-order valence-electron chi connectivity index (χ1n) is 16.2. The number of rotatable bonds is 15. The Labute approximate surface area is 292 Å². The van der Waals surface area contributed by atoms with E-state index in [1.165, 1.54) is 45.2 Å². The second-order valence-electron chi connectivity index (χ2n) is 12.1. The maximum atomic E-state index is 13.2. The lowest BCUT2D eigenvalue weighted by Crippen LogP contribution is -2.53. The van der Waals surface area contributed by atoms with E-state index in [0.29, 0.717) is 5.56 Å². The topological polar surface area (TPSA) is 213 Å². The zero-order valence-electron chi connectivity index (χ0n) is 27.8. The average Bonchev–Trinajstić information content (AvgIpc) is 3.04. The number of pyridine rings is 1. The number of carboxylic acid groups (broad SMARTS) is 4. The maximum absolute atomic E-state index is 13.2. The van der Waals surface area contributed by atoms with Crippen LogP contribution in [0, 0.1) is 0 Å². The minimum Gasteiger partial charge on any atom is -0.549 e. The zero-order chi connectivity index (χ0) is 37.6. The van der Waals surface area contributed by atoms with Crippen LogP contribution in [0.3, 0.4) is 0 Å². The first kappa shape index (κ1) is 40.8. The quantitative estimate of drug-likeness (QED) is 0.177. The van der Waals surface area contributed by atoms with Crippen LogP contribution >= 0.6 is 0 Å². The molecule has 1 fully saturated rings. The molecule has 51 heavy (non-hydrogen) atoms. The average molecular weight is 722 g/mol. The van der Waals surface area contributed by atoms with Crippen LogP contribution in [-0.4, -0.2) is 144 Å². The summed E-state index contributed by atoms with van der Waals surface area (Å²) in [6.07, 6.45) is -2.93. The standard InChI is InChI=1S/C33H43F3N6O9/c34-33(35,36)24-5-1-4-23(18-24)19-26-25(6-2-8-37-26)31(49)38-9-3-7-27(32(50)51)42-16-14-40(21-29(45)46)12-10-39(20-28(43)44)11-13-41(15-17-42)22-30(47)48/h1-2,4-6,8,18,27H,3,7,9-17,19-22H2,(H,38,49)(H,43,44)(H,45,46)(H,47,48)(H,50,51)/p-3. The number of carboxylic acids is 4. The third-order valence-corrected chi connectivity index (χ3v) is 8.36. The van der Waals surface area contributed by atoms with Gasteiger partial charge in [-0.05, 0) is 36.6 Å². The van der Waals surface area contributed by atoms with Crippen molar-refractivity contribution in [1.82, 2.24) is 29.9 Å². The number of aromatic nitrogens is 1. The third-order valence-electron chi connectivity index (χ3n) is 8.36. The molecule has 1 aliphatic rings. The molecule has 2 heterocycles. The molecule has 18 heteroatoms. The summed E-state index contributed by atoms with van der Waals surface area (Å²) in [6.45, 7) is -0.704. The summed E-state index contributed by atoms with van der Waals surface area (Å²) in [5.74, 6) is -5.86. The summed E-state index contributed by atoms with van der Waals surface area (Å²) in [5.41, 5.74) is -0.126. The van der Waals surface area contributed by atoms with E-state index in [2.05, 4.69) is 10.3 Å². The molecule has 0 saturated carbocycles. The maximum Gasteiger partial charge on any atom is 0.416 e. The summed E-state index contributed by atoms with van der Waals surface area (Å²) in [6, 6.07) is 6.59. The van der Waals surface area contributed by atoms with Gasteiger partial charge in [0.15, 0.2) is 0 Å². The summed E-state index contributed by atoms with van der Waals surface area (Å²) in [7, 11) is 0. The van der Waals surface area contributed by atoms with Gasteiger partial charge in [-0.1, -0.05) is 18.2 Å². The van der Waals surface area contributed by atoms with Gasteiger partial charge in [-0.15, -0.1) is 0 Å². The summed E-state index contributed by atoms with van der Waals surface area (Å²) in [4.78, 5) is 70.0. The number of aliphatic carboxylic acids is 4. The van der Waals surface area contributed by atoms with Crippen molar-refractivity contribution in [1.29, 1.82) is 0 Å². The molecule has 1 aliphatic heterocycles. The molecule has 1 aromatic carbocycles. The van der Waals surface area contributed by atoms with Gasteiger partial charge in [0, 0.05) is 91.2 Å². The number of halogens is 3. The Morgan fingerprint density at radius 3 is 1.82 bits per heavy atom. The van der Waals surface area contributed by atoms with Crippen molar-refractivity contribution in [3.63, 3.8) is 0 Å². The number of benzene rings is 1. The number of alkyl halides is 3. The van der Waals surface area contributed by atoms with E-state index < -0.39 is 67.2 Å². The second kappa shape index (κ2) is 19.7. The third kappa shape index (κ3) is 14.2. The van der Waals surface area contributed by atoms with Crippen LogP contribution < -0.4 is 20.6 Å². The van der Waals surface area contributed by atoms with Gasteiger partial charge in [-0.3, -0.25) is 34.2 Å². The molecule has 280 valence electrons. The fourth-order valence-corrected chi connectivity index (χ4v) is 5.78. The molecule has 0 radical (unpaired) electrons. The van der Waals surface area contributed by atoms with Crippen molar-refractivity contribution in [3.05, 3.63) is 65.0 Å². The predicted octanol–water partition coefficient (Wildman–Crippen LogP) is -2.87. The van der Waals surface area contributed by atoms with E-state index in [1.54, 1.807) is 4.90 Å². The Kier molecular flexibility index (Phi) is 15.7. The van der Waals surface area contributed by atoms with E-state index in [9.17, 15) is 57.6 Å². The minimum atomic E-state index is -4.54. The second-order valence-corrected chi connectivity index (χ2v) is 12.1. The van der Waals surface area contributed by atoms with Crippen molar-refractivity contribution in [2.24, 2.45) is 0 Å². The number of nitrogens with zero attached hydrogens (tertiary/aromatic N) is 5. The fraction of sp³-hybridized carbons (Fsp3) is 0.515. The zero-order valence-corrected chi connectivity index (χ0v) is 27.8. The van der Waals surface area contributed by atoms with Gasteiger partial charge in [-0.25, -0.2) is 0 Å². The monoisotopic (exact) mass is 721 g/mol. The molecule has 2 N–H and O–H groups in total. The van der Waals surface area contributed by atoms with E-state index >= 15 is 0 Å². The van der Waals surface area contributed by atoms with Crippen LogP contribution in [0.25, 0.3) is 0 Å². The lowest BCUT2D eigenvalue weighted by atomic mass is 10.0. The van der Waals surface area contributed by atoms with Gasteiger partial charge >= 0.3 is 12.1 Å². The van der Waals surface area contributed by atoms with Crippen LogP contribution in [0.4, 0.5) is 13.2 Å². The largest absolute Gasteiger partial charge is 0.549 e. The first-order valence-corrected chi connectivity index (χ1v) is 16.2. The normalized spacial score (nSPS) is 16.8. The van der Waals surface area contributed by atoms with Crippen LogP contribution in [-0.2, 0) is 31.8 Å². The number of amides is 1. The Bertz CT molecular complexity index is 1480. The molecule has 0 spiro atoms. The molecule has 1 amide bonds. The molecule has 1 aromatic heterocycles. The number of carbonyl (C=O) groups excluding carboxylic acids is 4. The van der Waals surface area contributed by atoms with Crippen LogP contribution in [0.1, 0.15) is 40.0 Å². The van der Waals surface area contributed by atoms with Crippen molar-refractivity contribution in [2.45, 2.75) is 31.5 Å². The number of hydrogen-bond donors (Lipinski definition) is 2. The van der Waals surface area contributed by atoms with E-state index in [-0.39, 0.29) is 89.4 Å². The molecule has 0 bridgehead atoms.